The van der Waals surface area contributed by atoms with Crippen LogP contribution in [-0.2, 0) is 29.1 Å². The smallest absolute Gasteiger partial charge is 0.242 e. The van der Waals surface area contributed by atoms with E-state index in [0.29, 0.717) is 26.1 Å². The molecular formula is C24H28N2O3S. The van der Waals surface area contributed by atoms with Crippen LogP contribution in [-0.4, -0.2) is 34.7 Å². The van der Waals surface area contributed by atoms with E-state index in [2.05, 4.69) is 13.8 Å². The molecule has 3 rings (SSSR count). The molecule has 1 aromatic carbocycles. The van der Waals surface area contributed by atoms with Gasteiger partial charge < -0.3 is 14.2 Å². The van der Waals surface area contributed by atoms with Crippen molar-refractivity contribution in [3.63, 3.8) is 0 Å². The van der Waals surface area contributed by atoms with E-state index in [-0.39, 0.29) is 24.3 Å². The maximum Gasteiger partial charge on any atom is 0.242 e. The van der Waals surface area contributed by atoms with E-state index in [4.69, 9.17) is 4.42 Å². The minimum Gasteiger partial charge on any atom is -0.467 e. The van der Waals surface area contributed by atoms with Gasteiger partial charge in [-0.25, -0.2) is 0 Å². The molecule has 158 valence electrons. The number of hydrogen-bond acceptors (Lipinski definition) is 4. The van der Waals surface area contributed by atoms with Crippen LogP contribution in [0.25, 0.3) is 0 Å². The minimum atomic E-state index is -0.0876. The second kappa shape index (κ2) is 10.8. The van der Waals surface area contributed by atoms with E-state index in [1.165, 1.54) is 0 Å². The van der Waals surface area contributed by atoms with Crippen molar-refractivity contribution < 1.29 is 14.0 Å². The molecule has 0 aliphatic heterocycles. The highest BCUT2D eigenvalue weighted by Crippen LogP contribution is 2.14. The summed E-state index contributed by atoms with van der Waals surface area (Å²) < 4.78 is 5.47. The van der Waals surface area contributed by atoms with Gasteiger partial charge in [0.05, 0.1) is 25.8 Å². The standard InChI is InChI=1S/C24H28N2O3S/c1-19(2)15-25(23(27)14-22-11-7-13-30-22)18-24(28)26(17-21-10-6-12-29-21)16-20-8-4-3-5-9-20/h3-13,19H,14-18H2,1-2H3. The summed E-state index contributed by atoms with van der Waals surface area (Å²) in [4.78, 5) is 30.6. The van der Waals surface area contributed by atoms with Crippen molar-refractivity contribution in [2.24, 2.45) is 5.92 Å². The second-order valence-electron chi connectivity index (χ2n) is 7.74. The topological polar surface area (TPSA) is 53.8 Å². The molecule has 0 N–H and O–H groups in total. The third kappa shape index (κ3) is 6.59. The lowest BCUT2D eigenvalue weighted by atomic mass is 10.1. The Balaban J connectivity index is 1.73. The normalized spacial score (nSPS) is 10.9. The third-order valence-corrected chi connectivity index (χ3v) is 5.54. The van der Waals surface area contributed by atoms with Crippen molar-refractivity contribution >= 4 is 23.2 Å². The number of furan rings is 1. The molecule has 5 nitrogen and oxygen atoms in total. The lowest BCUT2D eigenvalue weighted by Gasteiger charge is -2.28. The lowest BCUT2D eigenvalue weighted by molar-refractivity contribution is -0.141. The Bertz CT molecular complexity index is 905. The molecule has 0 radical (unpaired) electrons. The first-order valence-electron chi connectivity index (χ1n) is 10.2. The molecular weight excluding hydrogens is 396 g/mol. The Morgan fingerprint density at radius 2 is 1.73 bits per heavy atom. The molecule has 0 saturated heterocycles. The molecule has 6 heteroatoms. The molecule has 0 aliphatic rings. The summed E-state index contributed by atoms with van der Waals surface area (Å²) in [5.74, 6) is 0.893. The van der Waals surface area contributed by atoms with Crippen LogP contribution in [0.3, 0.4) is 0 Å². The van der Waals surface area contributed by atoms with Crippen molar-refractivity contribution in [1.82, 2.24) is 9.80 Å². The van der Waals surface area contributed by atoms with E-state index in [9.17, 15) is 9.59 Å². The fourth-order valence-electron chi connectivity index (χ4n) is 3.26. The van der Waals surface area contributed by atoms with Gasteiger partial charge in [0.2, 0.25) is 11.8 Å². The zero-order valence-electron chi connectivity index (χ0n) is 17.5. The molecule has 0 saturated carbocycles. The summed E-state index contributed by atoms with van der Waals surface area (Å²) in [6, 6.07) is 17.4. The van der Waals surface area contributed by atoms with E-state index in [1.54, 1.807) is 27.4 Å². The van der Waals surface area contributed by atoms with Crippen LogP contribution < -0.4 is 0 Å². The molecule has 0 bridgehead atoms. The van der Waals surface area contributed by atoms with Crippen molar-refractivity contribution in [1.29, 1.82) is 0 Å². The second-order valence-corrected chi connectivity index (χ2v) is 8.77. The predicted octanol–water partition coefficient (Wildman–Crippen LogP) is 4.60. The zero-order chi connectivity index (χ0) is 21.3. The molecule has 0 atom stereocenters. The first-order valence-corrected chi connectivity index (χ1v) is 11.0. The number of nitrogens with zero attached hydrogens (tertiary/aromatic N) is 2. The van der Waals surface area contributed by atoms with Crippen LogP contribution in [0.15, 0.2) is 70.7 Å². The Morgan fingerprint density at radius 3 is 2.37 bits per heavy atom. The van der Waals surface area contributed by atoms with Crippen LogP contribution in [0.4, 0.5) is 0 Å². The third-order valence-electron chi connectivity index (χ3n) is 4.67. The molecule has 0 unspecified atom stereocenters. The largest absolute Gasteiger partial charge is 0.467 e. The maximum absolute atomic E-state index is 13.3. The Hall–Kier alpha value is -2.86. The summed E-state index contributed by atoms with van der Waals surface area (Å²) in [5.41, 5.74) is 1.04. The van der Waals surface area contributed by atoms with Crippen molar-refractivity contribution in [3.05, 3.63) is 82.4 Å². The van der Waals surface area contributed by atoms with Gasteiger partial charge in [0, 0.05) is 18.0 Å². The van der Waals surface area contributed by atoms with Gasteiger partial charge in [-0.2, -0.15) is 0 Å². The molecule has 30 heavy (non-hydrogen) atoms. The van der Waals surface area contributed by atoms with Gasteiger partial charge in [0.25, 0.3) is 0 Å². The van der Waals surface area contributed by atoms with Gasteiger partial charge in [0.15, 0.2) is 0 Å². The molecule has 2 heterocycles. The van der Waals surface area contributed by atoms with E-state index in [1.807, 2.05) is 60.0 Å². The van der Waals surface area contributed by atoms with Crippen LogP contribution >= 0.6 is 11.3 Å². The Morgan fingerprint density at radius 1 is 0.933 bits per heavy atom. The SMILES string of the molecule is CC(C)CN(CC(=O)N(Cc1ccccc1)Cc1ccco1)C(=O)Cc1cccs1. The fourth-order valence-corrected chi connectivity index (χ4v) is 3.96. The number of amides is 2. The molecule has 0 spiro atoms. The van der Waals surface area contributed by atoms with E-state index >= 15 is 0 Å². The van der Waals surface area contributed by atoms with Crippen molar-refractivity contribution in [2.45, 2.75) is 33.4 Å². The minimum absolute atomic E-state index is 0.0165. The molecule has 0 aliphatic carbocycles. The molecule has 2 aromatic heterocycles. The number of benzene rings is 1. The highest BCUT2D eigenvalue weighted by Gasteiger charge is 2.23. The predicted molar refractivity (Wildman–Crippen MR) is 119 cm³/mol. The Labute approximate surface area is 181 Å². The number of thiophene rings is 1. The van der Waals surface area contributed by atoms with Gasteiger partial charge >= 0.3 is 0 Å². The average molecular weight is 425 g/mol. The van der Waals surface area contributed by atoms with Crippen LogP contribution in [0, 0.1) is 5.92 Å². The number of carbonyl (C=O) groups excluding carboxylic acids is 2. The maximum atomic E-state index is 13.3. The summed E-state index contributed by atoms with van der Waals surface area (Å²) in [6.45, 7) is 5.57. The molecule has 0 fully saturated rings. The first kappa shape index (κ1) is 21.8. The molecule has 3 aromatic rings. The highest BCUT2D eigenvalue weighted by molar-refractivity contribution is 7.10. The Kier molecular flexibility index (Phi) is 7.85. The zero-order valence-corrected chi connectivity index (χ0v) is 18.3. The average Bonchev–Trinajstić information content (AvgIpc) is 3.41. The quantitative estimate of drug-likeness (QED) is 0.478. The van der Waals surface area contributed by atoms with Gasteiger partial charge in [0.1, 0.15) is 5.76 Å². The first-order chi connectivity index (χ1) is 14.5. The van der Waals surface area contributed by atoms with Gasteiger partial charge in [-0.1, -0.05) is 50.2 Å². The van der Waals surface area contributed by atoms with Crippen molar-refractivity contribution in [2.75, 3.05) is 13.1 Å². The summed E-state index contributed by atoms with van der Waals surface area (Å²) >= 11 is 1.56. The van der Waals surface area contributed by atoms with E-state index < -0.39 is 0 Å². The summed E-state index contributed by atoms with van der Waals surface area (Å²) in [6.07, 6.45) is 1.94. The fraction of sp³-hybridized carbons (Fsp3) is 0.333. The van der Waals surface area contributed by atoms with Crippen LogP contribution in [0.1, 0.15) is 30.0 Å². The highest BCUT2D eigenvalue weighted by atomic mass is 32.1. The van der Waals surface area contributed by atoms with Gasteiger partial charge in [-0.05, 0) is 35.1 Å². The number of rotatable bonds is 10. The summed E-state index contributed by atoms with van der Waals surface area (Å²) in [7, 11) is 0. The van der Waals surface area contributed by atoms with Crippen LogP contribution in [0.2, 0.25) is 0 Å². The van der Waals surface area contributed by atoms with E-state index in [0.717, 1.165) is 16.2 Å². The number of hydrogen-bond donors (Lipinski definition) is 0. The number of carbonyl (C=O) groups is 2. The molecule has 2 amide bonds. The van der Waals surface area contributed by atoms with Crippen molar-refractivity contribution in [3.8, 4) is 0 Å². The lowest BCUT2D eigenvalue weighted by Crippen LogP contribution is -2.44. The monoisotopic (exact) mass is 424 g/mol. The van der Waals surface area contributed by atoms with Gasteiger partial charge in [-0.3, -0.25) is 9.59 Å². The van der Waals surface area contributed by atoms with Gasteiger partial charge in [-0.15, -0.1) is 11.3 Å². The van der Waals surface area contributed by atoms with Crippen LogP contribution in [0.5, 0.6) is 0 Å². The summed E-state index contributed by atoms with van der Waals surface area (Å²) in [5, 5.41) is 1.96.